The molecule has 9 aromatic carbocycles. The highest BCUT2D eigenvalue weighted by Gasteiger charge is 2.63. The molecule has 4 bridgehead atoms. The second-order valence-corrected chi connectivity index (χ2v) is 22.0. The summed E-state index contributed by atoms with van der Waals surface area (Å²) in [5.74, 6) is 2.96. The first-order chi connectivity index (χ1) is 34.4. The maximum Gasteiger partial charge on any atom is 0.136 e. The van der Waals surface area contributed by atoms with Crippen molar-refractivity contribution in [3.63, 3.8) is 0 Å². The standard InChI is InChI=1S/C68H55NO/c1-66(2)58-21-11-9-19-54(58)55-33-30-52(41-62(55)66)69(51-28-25-45(26-29-51)46-27-32-57-56-20-10-14-24-64(56)70-65(57)40-46)53-31-34-61-63(42-53)67(47-15-5-3-6-16-47,48-17-7-4-8-18-48)59-22-12-13-23-60(59)68(61)49-36-43-35-44(38-49)39-50(68)37-43/h3-34,40-44,49-50H,35-39H2,1-2H3. The molecule has 70 heavy (non-hydrogen) atoms. The summed E-state index contributed by atoms with van der Waals surface area (Å²) in [6.07, 6.45) is 6.77. The van der Waals surface area contributed by atoms with E-state index in [-0.39, 0.29) is 10.8 Å². The molecule has 338 valence electrons. The summed E-state index contributed by atoms with van der Waals surface area (Å²) in [4.78, 5) is 2.55. The van der Waals surface area contributed by atoms with Crippen LogP contribution in [0.2, 0.25) is 0 Å². The highest BCUT2D eigenvalue weighted by atomic mass is 16.3. The van der Waals surface area contributed by atoms with Crippen LogP contribution in [0.15, 0.2) is 217 Å². The van der Waals surface area contributed by atoms with Crippen molar-refractivity contribution < 1.29 is 4.42 Å². The van der Waals surface area contributed by atoms with Gasteiger partial charge in [0, 0.05) is 38.7 Å². The second kappa shape index (κ2) is 14.8. The van der Waals surface area contributed by atoms with Crippen LogP contribution in [0, 0.1) is 23.7 Å². The maximum absolute atomic E-state index is 6.38. The lowest BCUT2D eigenvalue weighted by Gasteiger charge is -2.65. The smallest absolute Gasteiger partial charge is 0.136 e. The van der Waals surface area contributed by atoms with Gasteiger partial charge in [-0.05, 0) is 177 Å². The number of hydrogen-bond donors (Lipinski definition) is 0. The Kier molecular flexibility index (Phi) is 8.55. The van der Waals surface area contributed by atoms with Gasteiger partial charge in [0.05, 0.1) is 5.41 Å². The minimum Gasteiger partial charge on any atom is -0.456 e. The first-order valence-electron chi connectivity index (χ1n) is 25.8. The van der Waals surface area contributed by atoms with Gasteiger partial charge >= 0.3 is 0 Å². The van der Waals surface area contributed by atoms with Crippen LogP contribution in [0.25, 0.3) is 44.2 Å². The quantitative estimate of drug-likeness (QED) is 0.165. The predicted octanol–water partition coefficient (Wildman–Crippen LogP) is 17.5. The summed E-state index contributed by atoms with van der Waals surface area (Å²) >= 11 is 0. The van der Waals surface area contributed by atoms with Crippen LogP contribution in [0.3, 0.4) is 0 Å². The van der Waals surface area contributed by atoms with Gasteiger partial charge in [-0.1, -0.05) is 172 Å². The molecule has 0 atom stereocenters. The first kappa shape index (κ1) is 40.5. The number of furan rings is 1. The van der Waals surface area contributed by atoms with Crippen LogP contribution in [-0.2, 0) is 16.2 Å². The van der Waals surface area contributed by atoms with Crippen LogP contribution in [0.4, 0.5) is 17.1 Å². The van der Waals surface area contributed by atoms with E-state index in [1.165, 1.54) is 88.0 Å². The summed E-state index contributed by atoms with van der Waals surface area (Å²) in [6.45, 7) is 4.79. The van der Waals surface area contributed by atoms with Crippen LogP contribution in [0.5, 0.6) is 0 Å². The highest BCUT2D eigenvalue weighted by Crippen LogP contribution is 2.70. The van der Waals surface area contributed by atoms with Gasteiger partial charge in [-0.3, -0.25) is 0 Å². The third-order valence-corrected chi connectivity index (χ3v) is 18.4. The molecule has 1 aromatic heterocycles. The normalized spacial score (nSPS) is 22.7. The Hall–Kier alpha value is -7.42. The van der Waals surface area contributed by atoms with E-state index in [1.54, 1.807) is 11.1 Å². The number of fused-ring (bicyclic) bond motifs is 8. The molecule has 0 aliphatic heterocycles. The van der Waals surface area contributed by atoms with E-state index in [4.69, 9.17) is 4.42 Å². The van der Waals surface area contributed by atoms with E-state index in [2.05, 4.69) is 225 Å². The highest BCUT2D eigenvalue weighted by molar-refractivity contribution is 6.06. The zero-order chi connectivity index (χ0) is 46.3. The van der Waals surface area contributed by atoms with E-state index >= 15 is 0 Å². The van der Waals surface area contributed by atoms with E-state index in [0.29, 0.717) is 11.8 Å². The molecule has 0 N–H and O–H groups in total. The van der Waals surface area contributed by atoms with Crippen molar-refractivity contribution in [1.82, 2.24) is 0 Å². The van der Waals surface area contributed by atoms with Gasteiger partial charge < -0.3 is 9.32 Å². The summed E-state index contributed by atoms with van der Waals surface area (Å²) in [6, 6.07) is 81.0. The average Bonchev–Trinajstić information content (AvgIpc) is 3.89. The number of benzene rings is 9. The van der Waals surface area contributed by atoms with Gasteiger partial charge in [0.2, 0.25) is 0 Å². The molecule has 4 fully saturated rings. The van der Waals surface area contributed by atoms with Crippen molar-refractivity contribution in [2.24, 2.45) is 23.7 Å². The molecule has 0 radical (unpaired) electrons. The van der Waals surface area contributed by atoms with Crippen LogP contribution in [0.1, 0.15) is 90.5 Å². The van der Waals surface area contributed by atoms with Crippen LogP contribution < -0.4 is 4.90 Å². The number of rotatable bonds is 6. The Morgan fingerprint density at radius 3 is 1.63 bits per heavy atom. The Morgan fingerprint density at radius 1 is 0.386 bits per heavy atom. The Bertz CT molecular complexity index is 3640. The molecule has 4 saturated carbocycles. The molecule has 2 nitrogen and oxygen atoms in total. The van der Waals surface area contributed by atoms with Gasteiger partial charge in [-0.2, -0.15) is 0 Å². The average molecular weight is 902 g/mol. The van der Waals surface area contributed by atoms with Crippen molar-refractivity contribution in [2.45, 2.75) is 62.2 Å². The molecule has 6 aliphatic carbocycles. The monoisotopic (exact) mass is 901 g/mol. The van der Waals surface area contributed by atoms with Crippen molar-refractivity contribution >= 4 is 39.0 Å². The molecule has 10 aromatic rings. The van der Waals surface area contributed by atoms with Gasteiger partial charge in [-0.25, -0.2) is 0 Å². The number of anilines is 3. The zero-order valence-corrected chi connectivity index (χ0v) is 39.9. The van der Waals surface area contributed by atoms with Gasteiger partial charge in [-0.15, -0.1) is 0 Å². The van der Waals surface area contributed by atoms with E-state index in [1.807, 2.05) is 6.07 Å². The Morgan fingerprint density at radius 2 is 0.914 bits per heavy atom. The fourth-order valence-corrected chi connectivity index (χ4v) is 15.8. The number of hydrogen-bond acceptors (Lipinski definition) is 2. The largest absolute Gasteiger partial charge is 0.456 e. The van der Waals surface area contributed by atoms with Crippen LogP contribution >= 0.6 is 0 Å². The fraction of sp³-hybridized carbons (Fsp3) is 0.206. The molecular weight excluding hydrogens is 847 g/mol. The summed E-state index contributed by atoms with van der Waals surface area (Å²) in [5, 5.41) is 2.30. The minimum atomic E-state index is -0.545. The molecule has 6 aliphatic rings. The van der Waals surface area contributed by atoms with E-state index in [0.717, 1.165) is 50.6 Å². The van der Waals surface area contributed by atoms with Gasteiger partial charge in [0.25, 0.3) is 0 Å². The van der Waals surface area contributed by atoms with Crippen molar-refractivity contribution in [3.8, 4) is 22.3 Å². The predicted molar refractivity (Wildman–Crippen MR) is 288 cm³/mol. The van der Waals surface area contributed by atoms with Gasteiger partial charge in [0.1, 0.15) is 11.2 Å². The third kappa shape index (κ3) is 5.45. The summed E-state index contributed by atoms with van der Waals surface area (Å²) < 4.78 is 6.38. The van der Waals surface area contributed by atoms with Crippen molar-refractivity contribution in [3.05, 3.63) is 257 Å². The van der Waals surface area contributed by atoms with E-state index in [9.17, 15) is 0 Å². The molecule has 0 saturated heterocycles. The van der Waals surface area contributed by atoms with E-state index < -0.39 is 5.41 Å². The number of para-hydroxylation sites is 1. The summed E-state index contributed by atoms with van der Waals surface area (Å²) in [5.41, 5.74) is 21.0. The summed E-state index contributed by atoms with van der Waals surface area (Å²) in [7, 11) is 0. The third-order valence-electron chi connectivity index (χ3n) is 18.4. The first-order valence-corrected chi connectivity index (χ1v) is 25.8. The van der Waals surface area contributed by atoms with Crippen molar-refractivity contribution in [1.29, 1.82) is 0 Å². The SMILES string of the molecule is CC1(C)c2ccccc2-c2ccc(N(c3ccc(-c4ccc5c(c4)oc4ccccc45)cc3)c3ccc4c(c3)C(c3ccccc3)(c3ccccc3)c3ccccc3C43C4CC5CC(C4)CC3C5)cc21. The molecule has 0 unspecified atom stereocenters. The molecule has 16 rings (SSSR count). The zero-order valence-electron chi connectivity index (χ0n) is 39.9. The van der Waals surface area contributed by atoms with Crippen molar-refractivity contribution in [2.75, 3.05) is 4.90 Å². The lowest BCUT2D eigenvalue weighted by Crippen LogP contribution is -2.59. The fourth-order valence-electron chi connectivity index (χ4n) is 15.8. The molecule has 0 amide bonds. The Balaban J connectivity index is 0.975. The Labute approximate surface area is 411 Å². The number of nitrogens with zero attached hydrogens (tertiary/aromatic N) is 1. The van der Waals surface area contributed by atoms with Gasteiger partial charge in [0.15, 0.2) is 0 Å². The second-order valence-electron chi connectivity index (χ2n) is 22.0. The maximum atomic E-state index is 6.38. The molecule has 2 heteroatoms. The van der Waals surface area contributed by atoms with Crippen LogP contribution in [-0.4, -0.2) is 0 Å². The lowest BCUT2D eigenvalue weighted by atomic mass is 9.38. The molecular formula is C68H55NO. The lowest BCUT2D eigenvalue weighted by molar-refractivity contribution is -0.0440. The molecule has 1 heterocycles. The molecule has 1 spiro atoms. The minimum absolute atomic E-state index is 0.0400. The topological polar surface area (TPSA) is 16.4 Å².